The first-order valence-corrected chi connectivity index (χ1v) is 8.27. The first kappa shape index (κ1) is 15.4. The quantitative estimate of drug-likeness (QED) is 0.745. The fourth-order valence-electron chi connectivity index (χ4n) is 3.54. The monoisotopic (exact) mass is 338 g/mol. The van der Waals surface area contributed by atoms with Gasteiger partial charge in [-0.05, 0) is 37.1 Å². The van der Waals surface area contributed by atoms with Gasteiger partial charge in [0.25, 0.3) is 11.8 Å². The van der Waals surface area contributed by atoms with Crippen molar-refractivity contribution < 1.29 is 14.7 Å². The molecule has 2 aromatic rings. The van der Waals surface area contributed by atoms with Gasteiger partial charge in [0, 0.05) is 35.7 Å². The number of aliphatic hydroxyl groups excluding tert-OH is 1. The van der Waals surface area contributed by atoms with E-state index in [2.05, 4.69) is 15.6 Å². The highest BCUT2D eigenvalue weighted by atomic mass is 16.3. The molecule has 2 atom stereocenters. The van der Waals surface area contributed by atoms with Gasteiger partial charge in [0.1, 0.15) is 11.3 Å². The average molecular weight is 338 g/mol. The molecule has 0 radical (unpaired) electrons. The SMILES string of the molecule is O=C(Nc1ccc(-n2ccnc2)cc1)C1=C(O)C2CCCC2NC1=O. The number of carbonyl (C=O) groups is 2. The zero-order valence-corrected chi connectivity index (χ0v) is 13.5. The minimum Gasteiger partial charge on any atom is -0.511 e. The van der Waals surface area contributed by atoms with E-state index in [0.717, 1.165) is 24.9 Å². The number of nitrogens with one attached hydrogen (secondary N) is 2. The second-order valence-electron chi connectivity index (χ2n) is 6.35. The Kier molecular flexibility index (Phi) is 3.76. The Labute approximate surface area is 144 Å². The van der Waals surface area contributed by atoms with Gasteiger partial charge in [0.05, 0.1) is 6.33 Å². The maximum Gasteiger partial charge on any atom is 0.264 e. The first-order chi connectivity index (χ1) is 12.1. The fraction of sp³-hybridized carbons (Fsp3) is 0.278. The van der Waals surface area contributed by atoms with Crippen molar-refractivity contribution in [1.82, 2.24) is 14.9 Å². The molecule has 2 aliphatic rings. The molecule has 2 heterocycles. The van der Waals surface area contributed by atoms with Crippen LogP contribution in [-0.2, 0) is 9.59 Å². The molecule has 2 amide bonds. The molecule has 7 heteroatoms. The predicted octanol–water partition coefficient (Wildman–Crippen LogP) is 1.92. The minimum absolute atomic E-state index is 0.0569. The Morgan fingerprint density at radius 1 is 1.28 bits per heavy atom. The van der Waals surface area contributed by atoms with Crippen LogP contribution in [0.15, 0.2) is 54.3 Å². The Morgan fingerprint density at radius 2 is 2.08 bits per heavy atom. The molecular formula is C18H18N4O3. The van der Waals surface area contributed by atoms with Crippen LogP contribution in [0.1, 0.15) is 19.3 Å². The molecule has 7 nitrogen and oxygen atoms in total. The molecule has 25 heavy (non-hydrogen) atoms. The Hall–Kier alpha value is -3.09. The summed E-state index contributed by atoms with van der Waals surface area (Å²) < 4.78 is 1.84. The molecule has 0 saturated heterocycles. The Balaban J connectivity index is 1.53. The predicted molar refractivity (Wildman–Crippen MR) is 91.1 cm³/mol. The van der Waals surface area contributed by atoms with Crippen LogP contribution in [0, 0.1) is 5.92 Å². The number of amides is 2. The van der Waals surface area contributed by atoms with Gasteiger partial charge in [-0.25, -0.2) is 4.98 Å². The van der Waals surface area contributed by atoms with Crippen molar-refractivity contribution in [2.24, 2.45) is 5.92 Å². The maximum atomic E-state index is 12.5. The molecule has 0 spiro atoms. The molecule has 1 aliphatic heterocycles. The number of aliphatic hydroxyl groups is 1. The molecule has 2 unspecified atom stereocenters. The highest BCUT2D eigenvalue weighted by Crippen LogP contribution is 2.35. The molecular weight excluding hydrogens is 320 g/mol. The average Bonchev–Trinajstić information content (AvgIpc) is 3.26. The number of benzene rings is 1. The molecule has 3 N–H and O–H groups in total. The van der Waals surface area contributed by atoms with Crippen LogP contribution in [0.5, 0.6) is 0 Å². The Morgan fingerprint density at radius 3 is 2.80 bits per heavy atom. The third-order valence-electron chi connectivity index (χ3n) is 4.82. The second kappa shape index (κ2) is 6.08. The van der Waals surface area contributed by atoms with E-state index in [0.29, 0.717) is 5.69 Å². The van der Waals surface area contributed by atoms with Crippen molar-refractivity contribution in [3.05, 3.63) is 54.3 Å². The highest BCUT2D eigenvalue weighted by molar-refractivity contribution is 6.23. The van der Waals surface area contributed by atoms with E-state index < -0.39 is 11.8 Å². The minimum atomic E-state index is -0.587. The summed E-state index contributed by atoms with van der Waals surface area (Å²) >= 11 is 0. The number of anilines is 1. The van der Waals surface area contributed by atoms with Crippen molar-refractivity contribution in [3.63, 3.8) is 0 Å². The van der Waals surface area contributed by atoms with Crippen molar-refractivity contribution in [1.29, 1.82) is 0 Å². The standard InChI is InChI=1S/C18H18N4O3/c23-16-13-2-1-3-14(13)21-18(25)15(16)17(24)20-11-4-6-12(7-5-11)22-9-8-19-10-22/h4-10,13-14,23H,1-3H2,(H,20,24)(H,21,25). The lowest BCUT2D eigenvalue weighted by Gasteiger charge is -2.27. The van der Waals surface area contributed by atoms with Crippen LogP contribution in [0.2, 0.25) is 0 Å². The molecule has 1 saturated carbocycles. The van der Waals surface area contributed by atoms with Gasteiger partial charge in [-0.2, -0.15) is 0 Å². The third-order valence-corrected chi connectivity index (χ3v) is 4.82. The van der Waals surface area contributed by atoms with E-state index in [1.54, 1.807) is 24.7 Å². The van der Waals surface area contributed by atoms with Crippen molar-refractivity contribution in [2.75, 3.05) is 5.32 Å². The number of imidazole rings is 1. The molecule has 1 aliphatic carbocycles. The summed E-state index contributed by atoms with van der Waals surface area (Å²) in [5, 5.41) is 15.9. The maximum absolute atomic E-state index is 12.5. The summed E-state index contributed by atoms with van der Waals surface area (Å²) in [6.45, 7) is 0. The highest BCUT2D eigenvalue weighted by Gasteiger charge is 2.41. The van der Waals surface area contributed by atoms with Crippen molar-refractivity contribution in [3.8, 4) is 5.69 Å². The van der Waals surface area contributed by atoms with Crippen LogP contribution in [-0.4, -0.2) is 32.5 Å². The smallest absolute Gasteiger partial charge is 0.264 e. The van der Waals surface area contributed by atoms with Gasteiger partial charge < -0.3 is 20.3 Å². The summed E-state index contributed by atoms with van der Waals surface area (Å²) in [5.74, 6) is -1.33. The lowest BCUT2D eigenvalue weighted by Crippen LogP contribution is -2.46. The Bertz CT molecular complexity index is 840. The molecule has 0 bridgehead atoms. The number of carbonyl (C=O) groups excluding carboxylic acids is 2. The lowest BCUT2D eigenvalue weighted by atomic mass is 9.92. The van der Waals surface area contributed by atoms with Gasteiger partial charge >= 0.3 is 0 Å². The van der Waals surface area contributed by atoms with Gasteiger partial charge in [-0.15, -0.1) is 0 Å². The van der Waals surface area contributed by atoms with E-state index >= 15 is 0 Å². The normalized spacial score (nSPS) is 22.5. The van der Waals surface area contributed by atoms with E-state index in [9.17, 15) is 14.7 Å². The molecule has 4 rings (SSSR count). The second-order valence-corrected chi connectivity index (χ2v) is 6.35. The van der Waals surface area contributed by atoms with E-state index in [1.165, 1.54) is 0 Å². The third kappa shape index (κ3) is 2.77. The molecule has 1 fully saturated rings. The lowest BCUT2D eigenvalue weighted by molar-refractivity contribution is -0.123. The van der Waals surface area contributed by atoms with Crippen LogP contribution in [0.4, 0.5) is 5.69 Å². The number of aromatic nitrogens is 2. The van der Waals surface area contributed by atoms with Gasteiger partial charge in [-0.1, -0.05) is 6.42 Å². The molecule has 128 valence electrons. The van der Waals surface area contributed by atoms with Gasteiger partial charge in [-0.3, -0.25) is 9.59 Å². The number of hydrogen-bond acceptors (Lipinski definition) is 4. The van der Waals surface area contributed by atoms with E-state index in [4.69, 9.17) is 0 Å². The van der Waals surface area contributed by atoms with Gasteiger partial charge in [0.15, 0.2) is 0 Å². The summed E-state index contributed by atoms with van der Waals surface area (Å²) in [5.41, 5.74) is 1.28. The summed E-state index contributed by atoms with van der Waals surface area (Å²) in [7, 11) is 0. The molecule has 1 aromatic heterocycles. The molecule has 1 aromatic carbocycles. The zero-order chi connectivity index (χ0) is 17.4. The summed E-state index contributed by atoms with van der Waals surface area (Å²) in [6, 6.07) is 7.09. The topological polar surface area (TPSA) is 96.2 Å². The van der Waals surface area contributed by atoms with Crippen LogP contribution in [0.25, 0.3) is 5.69 Å². The number of fused-ring (bicyclic) bond motifs is 1. The van der Waals surface area contributed by atoms with E-state index in [1.807, 2.05) is 22.9 Å². The van der Waals surface area contributed by atoms with Crippen molar-refractivity contribution >= 4 is 17.5 Å². The van der Waals surface area contributed by atoms with Gasteiger partial charge in [0.2, 0.25) is 0 Å². The van der Waals surface area contributed by atoms with Crippen LogP contribution in [0.3, 0.4) is 0 Å². The largest absolute Gasteiger partial charge is 0.511 e. The van der Waals surface area contributed by atoms with Crippen LogP contribution >= 0.6 is 0 Å². The fourth-order valence-corrected chi connectivity index (χ4v) is 3.54. The van der Waals surface area contributed by atoms with Crippen molar-refractivity contribution in [2.45, 2.75) is 25.3 Å². The summed E-state index contributed by atoms with van der Waals surface area (Å²) in [6.07, 6.45) is 7.74. The van der Waals surface area contributed by atoms with Crippen LogP contribution < -0.4 is 10.6 Å². The zero-order valence-electron chi connectivity index (χ0n) is 13.5. The number of rotatable bonds is 3. The number of hydrogen-bond donors (Lipinski definition) is 3. The number of nitrogens with zero attached hydrogens (tertiary/aromatic N) is 2. The summed E-state index contributed by atoms with van der Waals surface area (Å²) in [4.78, 5) is 28.7. The van der Waals surface area contributed by atoms with E-state index in [-0.39, 0.29) is 23.3 Å². The first-order valence-electron chi connectivity index (χ1n) is 8.27.